The predicted octanol–water partition coefficient (Wildman–Crippen LogP) is 2.13. The van der Waals surface area contributed by atoms with E-state index in [2.05, 4.69) is 11.9 Å². The van der Waals surface area contributed by atoms with Gasteiger partial charge in [0.05, 0.1) is 10.9 Å². The largest absolute Gasteiger partial charge is 0.243 e. The van der Waals surface area contributed by atoms with Crippen LogP contribution in [0.3, 0.4) is 0 Å². The fourth-order valence-electron chi connectivity index (χ4n) is 2.55. The molecule has 0 N–H and O–H groups in total. The molecule has 0 amide bonds. The van der Waals surface area contributed by atoms with Gasteiger partial charge in [0.1, 0.15) is 0 Å². The lowest BCUT2D eigenvalue weighted by atomic mass is 10.1. The average Bonchev–Trinajstić information content (AvgIpc) is 2.49. The van der Waals surface area contributed by atoms with E-state index in [1.165, 1.54) is 4.31 Å². The standard InChI is InChI=1S/C15H20N2O3S/c1-2-3-13-4-6-15(7-5-13)21(19,20)17-10-8-14(9-11-17)16-12-18/h4-7,14H,2-3,8-11H2,1H3. The Hall–Kier alpha value is -1.49. The van der Waals surface area contributed by atoms with Crippen molar-refractivity contribution in [1.82, 2.24) is 4.31 Å². The van der Waals surface area contributed by atoms with Crippen LogP contribution in [-0.4, -0.2) is 37.9 Å². The number of piperidine rings is 1. The summed E-state index contributed by atoms with van der Waals surface area (Å²) in [5.74, 6) is 0. The highest BCUT2D eigenvalue weighted by Gasteiger charge is 2.29. The monoisotopic (exact) mass is 308 g/mol. The number of hydrogen-bond acceptors (Lipinski definition) is 4. The molecule has 0 aromatic heterocycles. The number of benzene rings is 1. The van der Waals surface area contributed by atoms with Crippen LogP contribution in [0.1, 0.15) is 31.7 Å². The Morgan fingerprint density at radius 1 is 1.24 bits per heavy atom. The molecule has 1 saturated heterocycles. The summed E-state index contributed by atoms with van der Waals surface area (Å²) in [6, 6.07) is 7.01. The Morgan fingerprint density at radius 2 is 1.86 bits per heavy atom. The van der Waals surface area contributed by atoms with Gasteiger partial charge in [0.25, 0.3) is 0 Å². The number of sulfonamides is 1. The molecule has 0 aliphatic carbocycles. The summed E-state index contributed by atoms with van der Waals surface area (Å²) < 4.78 is 26.5. The molecule has 0 spiro atoms. The zero-order chi connectivity index (χ0) is 15.3. The molecule has 1 aromatic rings. The van der Waals surface area contributed by atoms with Crippen LogP contribution >= 0.6 is 0 Å². The van der Waals surface area contributed by atoms with Gasteiger partial charge in [0.15, 0.2) is 0 Å². The fraction of sp³-hybridized carbons (Fsp3) is 0.533. The van der Waals surface area contributed by atoms with Crippen molar-refractivity contribution >= 4 is 16.1 Å². The van der Waals surface area contributed by atoms with Crippen molar-refractivity contribution in [1.29, 1.82) is 0 Å². The molecule has 0 radical (unpaired) electrons. The second-order valence-electron chi connectivity index (χ2n) is 5.25. The van der Waals surface area contributed by atoms with E-state index >= 15 is 0 Å². The van der Waals surface area contributed by atoms with Crippen LogP contribution in [0.5, 0.6) is 0 Å². The average molecular weight is 308 g/mol. The summed E-state index contributed by atoms with van der Waals surface area (Å²) in [6.07, 6.45) is 4.68. The molecule has 0 saturated carbocycles. The highest BCUT2D eigenvalue weighted by atomic mass is 32.2. The van der Waals surface area contributed by atoms with Gasteiger partial charge in [-0.15, -0.1) is 0 Å². The van der Waals surface area contributed by atoms with Crippen molar-refractivity contribution < 1.29 is 13.2 Å². The Bertz CT molecular complexity index is 611. The van der Waals surface area contributed by atoms with Crippen LogP contribution in [0, 0.1) is 0 Å². The lowest BCUT2D eigenvalue weighted by Gasteiger charge is -2.28. The van der Waals surface area contributed by atoms with Crippen LogP contribution in [0.25, 0.3) is 0 Å². The minimum atomic E-state index is -3.44. The molecule has 1 aromatic carbocycles. The first-order chi connectivity index (χ1) is 10.1. The van der Waals surface area contributed by atoms with Crippen molar-refractivity contribution in [2.75, 3.05) is 13.1 Å². The molecule has 1 fully saturated rings. The Balaban J connectivity index is 2.09. The number of aliphatic imine (C=N–C) groups is 1. The first-order valence-electron chi connectivity index (χ1n) is 7.24. The first kappa shape index (κ1) is 15.9. The Labute approximate surface area is 125 Å². The summed E-state index contributed by atoms with van der Waals surface area (Å²) in [5, 5.41) is 0. The van der Waals surface area contributed by atoms with Gasteiger partial charge in [0.2, 0.25) is 16.1 Å². The highest BCUT2D eigenvalue weighted by Crippen LogP contribution is 2.22. The maximum atomic E-state index is 12.5. The third kappa shape index (κ3) is 3.79. The first-order valence-corrected chi connectivity index (χ1v) is 8.68. The second kappa shape index (κ2) is 6.98. The zero-order valence-electron chi connectivity index (χ0n) is 12.2. The molecule has 114 valence electrons. The minimum absolute atomic E-state index is 0.0964. The molecule has 1 aliphatic heterocycles. The molecule has 1 aliphatic rings. The highest BCUT2D eigenvalue weighted by molar-refractivity contribution is 7.89. The van der Waals surface area contributed by atoms with E-state index < -0.39 is 10.0 Å². The number of nitrogens with zero attached hydrogens (tertiary/aromatic N) is 2. The van der Waals surface area contributed by atoms with E-state index in [0.717, 1.165) is 18.4 Å². The van der Waals surface area contributed by atoms with Crippen molar-refractivity contribution in [3.05, 3.63) is 29.8 Å². The molecule has 1 heterocycles. The number of carbonyl (C=O) groups excluding carboxylic acids is 1. The summed E-state index contributed by atoms with van der Waals surface area (Å²) in [6.45, 7) is 2.89. The van der Waals surface area contributed by atoms with Crippen molar-refractivity contribution in [3.8, 4) is 0 Å². The lowest BCUT2D eigenvalue weighted by Crippen LogP contribution is -2.39. The molecular weight excluding hydrogens is 288 g/mol. The predicted molar refractivity (Wildman–Crippen MR) is 80.3 cm³/mol. The molecule has 5 nitrogen and oxygen atoms in total. The number of aryl methyl sites for hydroxylation is 1. The van der Waals surface area contributed by atoms with E-state index in [-0.39, 0.29) is 6.04 Å². The second-order valence-corrected chi connectivity index (χ2v) is 7.19. The van der Waals surface area contributed by atoms with Crippen molar-refractivity contribution in [3.63, 3.8) is 0 Å². The molecular formula is C15H20N2O3S. The molecule has 21 heavy (non-hydrogen) atoms. The molecule has 0 bridgehead atoms. The van der Waals surface area contributed by atoms with E-state index in [9.17, 15) is 13.2 Å². The third-order valence-corrected chi connectivity index (χ3v) is 5.67. The van der Waals surface area contributed by atoms with Gasteiger partial charge in [-0.05, 0) is 37.0 Å². The quantitative estimate of drug-likeness (QED) is 0.618. The smallest absolute Gasteiger partial charge is 0.211 e. The zero-order valence-corrected chi connectivity index (χ0v) is 13.0. The maximum Gasteiger partial charge on any atom is 0.243 e. The SMILES string of the molecule is CCCc1ccc(S(=O)(=O)N2CCC(N=C=O)CC2)cc1. The lowest BCUT2D eigenvalue weighted by molar-refractivity contribution is 0.320. The van der Waals surface area contributed by atoms with Crippen molar-refractivity contribution in [2.24, 2.45) is 4.99 Å². The van der Waals surface area contributed by atoms with Crippen LogP contribution in [0.2, 0.25) is 0 Å². The summed E-state index contributed by atoms with van der Waals surface area (Å²) in [4.78, 5) is 14.2. The van der Waals surface area contributed by atoms with Gasteiger partial charge in [-0.25, -0.2) is 18.2 Å². The van der Waals surface area contributed by atoms with E-state index in [4.69, 9.17) is 0 Å². The van der Waals surface area contributed by atoms with Gasteiger partial charge in [-0.1, -0.05) is 25.5 Å². The summed E-state index contributed by atoms with van der Waals surface area (Å²) >= 11 is 0. The van der Waals surface area contributed by atoms with Crippen LogP contribution in [-0.2, 0) is 21.2 Å². The van der Waals surface area contributed by atoms with E-state index in [1.807, 2.05) is 12.1 Å². The van der Waals surface area contributed by atoms with Gasteiger partial charge >= 0.3 is 0 Å². The maximum absolute atomic E-state index is 12.5. The van der Waals surface area contributed by atoms with E-state index in [1.54, 1.807) is 18.2 Å². The van der Waals surface area contributed by atoms with Crippen LogP contribution in [0.4, 0.5) is 0 Å². The third-order valence-electron chi connectivity index (χ3n) is 3.76. The van der Waals surface area contributed by atoms with Crippen LogP contribution in [0.15, 0.2) is 34.2 Å². The fourth-order valence-corrected chi connectivity index (χ4v) is 4.02. The number of hydrogen-bond donors (Lipinski definition) is 0. The van der Waals surface area contributed by atoms with Gasteiger partial charge in [-0.3, -0.25) is 0 Å². The van der Waals surface area contributed by atoms with Gasteiger partial charge in [0, 0.05) is 13.1 Å². The number of rotatable bonds is 5. The summed E-state index contributed by atoms with van der Waals surface area (Å²) in [5.41, 5.74) is 1.15. The molecule has 0 unspecified atom stereocenters. The molecule has 6 heteroatoms. The normalized spacial score (nSPS) is 17.4. The number of isocyanates is 1. The molecule has 0 atom stereocenters. The Morgan fingerprint density at radius 3 is 2.38 bits per heavy atom. The summed E-state index contributed by atoms with van der Waals surface area (Å²) in [7, 11) is -3.44. The molecule has 2 rings (SSSR count). The Kier molecular flexibility index (Phi) is 5.28. The van der Waals surface area contributed by atoms with Crippen LogP contribution < -0.4 is 0 Å². The van der Waals surface area contributed by atoms with Crippen molar-refractivity contribution in [2.45, 2.75) is 43.5 Å². The van der Waals surface area contributed by atoms with E-state index in [0.29, 0.717) is 30.8 Å². The van der Waals surface area contributed by atoms with Gasteiger partial charge in [-0.2, -0.15) is 4.31 Å². The minimum Gasteiger partial charge on any atom is -0.211 e. The van der Waals surface area contributed by atoms with Gasteiger partial charge < -0.3 is 0 Å². The topological polar surface area (TPSA) is 66.8 Å².